The topological polar surface area (TPSA) is 97.6 Å². The number of carbonyl (C=O) groups excluding carboxylic acids is 2. The molecular weight excluding hydrogens is 388 g/mol. The Balaban J connectivity index is 1.87. The molecule has 0 atom stereocenters. The Hall–Kier alpha value is -3.18. The fourth-order valence-corrected chi connectivity index (χ4v) is 2.56. The van der Waals surface area contributed by atoms with Crippen molar-refractivity contribution in [1.82, 2.24) is 20.4 Å². The summed E-state index contributed by atoms with van der Waals surface area (Å²) in [6.45, 7) is -0.0353. The highest BCUT2D eigenvalue weighted by atomic mass is 19.4. The van der Waals surface area contributed by atoms with Crippen LogP contribution in [0, 0.1) is 5.82 Å². The SMILES string of the molecule is CNC(=O)CC(=O)N1CCOc2cc(-c3noc(C(F)(F)F)n3)cc(F)c2C1. The van der Waals surface area contributed by atoms with Crippen LogP contribution in [-0.4, -0.2) is 47.1 Å². The van der Waals surface area contributed by atoms with Crippen molar-refractivity contribution < 1.29 is 36.4 Å². The van der Waals surface area contributed by atoms with Gasteiger partial charge in [0.1, 0.15) is 24.6 Å². The van der Waals surface area contributed by atoms with E-state index in [1.807, 2.05) is 0 Å². The Kier molecular flexibility index (Phi) is 5.21. The predicted molar refractivity (Wildman–Crippen MR) is 84.3 cm³/mol. The van der Waals surface area contributed by atoms with E-state index in [1.165, 1.54) is 18.0 Å². The van der Waals surface area contributed by atoms with Crippen LogP contribution in [0.25, 0.3) is 11.4 Å². The summed E-state index contributed by atoms with van der Waals surface area (Å²) in [5.41, 5.74) is -0.0355. The number of aromatic nitrogens is 2. The summed E-state index contributed by atoms with van der Waals surface area (Å²) < 4.78 is 62.0. The molecule has 0 saturated carbocycles. The summed E-state index contributed by atoms with van der Waals surface area (Å²) in [5, 5.41) is 5.54. The molecule has 0 aliphatic carbocycles. The number of hydrogen-bond acceptors (Lipinski definition) is 6. The molecule has 12 heteroatoms. The van der Waals surface area contributed by atoms with E-state index in [1.54, 1.807) is 0 Å². The van der Waals surface area contributed by atoms with Crippen LogP contribution in [-0.2, 0) is 22.3 Å². The van der Waals surface area contributed by atoms with Gasteiger partial charge in [0, 0.05) is 18.2 Å². The highest BCUT2D eigenvalue weighted by Crippen LogP contribution is 2.33. The van der Waals surface area contributed by atoms with Crippen molar-refractivity contribution >= 4 is 11.8 Å². The minimum atomic E-state index is -4.82. The van der Waals surface area contributed by atoms with Crippen molar-refractivity contribution in [2.75, 3.05) is 20.2 Å². The Bertz CT molecular complexity index is 913. The number of carbonyl (C=O) groups is 2. The van der Waals surface area contributed by atoms with E-state index in [9.17, 15) is 27.2 Å². The molecule has 0 unspecified atom stereocenters. The first-order valence-electron chi connectivity index (χ1n) is 8.04. The minimum absolute atomic E-state index is 0.00935. The average molecular weight is 402 g/mol. The highest BCUT2D eigenvalue weighted by Gasteiger charge is 2.38. The highest BCUT2D eigenvalue weighted by molar-refractivity contribution is 5.96. The molecule has 8 nitrogen and oxygen atoms in total. The molecule has 150 valence electrons. The first-order valence-corrected chi connectivity index (χ1v) is 8.04. The molecule has 2 amide bonds. The second kappa shape index (κ2) is 7.44. The second-order valence-electron chi connectivity index (χ2n) is 5.87. The van der Waals surface area contributed by atoms with E-state index in [2.05, 4.69) is 20.0 Å². The fraction of sp³-hybridized carbons (Fsp3) is 0.375. The van der Waals surface area contributed by atoms with E-state index in [-0.39, 0.29) is 36.6 Å². The van der Waals surface area contributed by atoms with Gasteiger partial charge in [-0.15, -0.1) is 0 Å². The number of alkyl halides is 3. The van der Waals surface area contributed by atoms with Crippen molar-refractivity contribution in [3.63, 3.8) is 0 Å². The maximum atomic E-state index is 14.6. The second-order valence-corrected chi connectivity index (χ2v) is 5.87. The van der Waals surface area contributed by atoms with E-state index < -0.39 is 41.9 Å². The number of amides is 2. The molecule has 0 saturated heterocycles. The molecule has 2 heterocycles. The van der Waals surface area contributed by atoms with Gasteiger partial charge in [-0.05, 0) is 12.1 Å². The molecule has 28 heavy (non-hydrogen) atoms. The lowest BCUT2D eigenvalue weighted by Gasteiger charge is -2.19. The van der Waals surface area contributed by atoms with Crippen molar-refractivity contribution in [2.24, 2.45) is 0 Å². The van der Waals surface area contributed by atoms with Crippen LogP contribution in [0.5, 0.6) is 5.75 Å². The van der Waals surface area contributed by atoms with Gasteiger partial charge in [-0.3, -0.25) is 9.59 Å². The zero-order chi connectivity index (χ0) is 20.5. The number of nitrogens with zero attached hydrogens (tertiary/aromatic N) is 3. The minimum Gasteiger partial charge on any atom is -0.491 e. The third kappa shape index (κ3) is 4.05. The van der Waals surface area contributed by atoms with Gasteiger partial charge in [-0.25, -0.2) is 4.39 Å². The number of nitrogens with one attached hydrogen (secondary N) is 1. The maximum absolute atomic E-state index is 14.6. The Morgan fingerprint density at radius 1 is 1.32 bits per heavy atom. The molecule has 1 aliphatic heterocycles. The first-order chi connectivity index (χ1) is 13.2. The van der Waals surface area contributed by atoms with Crippen LogP contribution in [0.15, 0.2) is 16.7 Å². The summed E-state index contributed by atoms with van der Waals surface area (Å²) in [6, 6.07) is 2.20. The van der Waals surface area contributed by atoms with Crippen LogP contribution >= 0.6 is 0 Å². The van der Waals surface area contributed by atoms with Crippen LogP contribution in [0.3, 0.4) is 0 Å². The molecule has 0 bridgehead atoms. The summed E-state index contributed by atoms with van der Waals surface area (Å²) in [7, 11) is 1.39. The summed E-state index contributed by atoms with van der Waals surface area (Å²) in [6.07, 6.45) is -5.22. The number of fused-ring (bicyclic) bond motifs is 1. The van der Waals surface area contributed by atoms with E-state index in [0.29, 0.717) is 0 Å². The predicted octanol–water partition coefficient (Wildman–Crippen LogP) is 1.75. The van der Waals surface area contributed by atoms with Crippen molar-refractivity contribution in [3.05, 3.63) is 29.4 Å². The van der Waals surface area contributed by atoms with Crippen molar-refractivity contribution in [3.8, 4) is 17.1 Å². The summed E-state index contributed by atoms with van der Waals surface area (Å²) >= 11 is 0. The Labute approximate surface area is 155 Å². The molecule has 1 aromatic heterocycles. The Morgan fingerprint density at radius 2 is 2.07 bits per heavy atom. The number of ether oxygens (including phenoxy) is 1. The van der Waals surface area contributed by atoms with Crippen LogP contribution in [0.4, 0.5) is 17.6 Å². The summed E-state index contributed by atoms with van der Waals surface area (Å²) in [5.74, 6) is -3.76. The smallest absolute Gasteiger partial charge is 0.471 e. The lowest BCUT2D eigenvalue weighted by molar-refractivity contribution is -0.159. The Morgan fingerprint density at radius 3 is 2.71 bits per heavy atom. The molecule has 0 fully saturated rings. The monoisotopic (exact) mass is 402 g/mol. The largest absolute Gasteiger partial charge is 0.491 e. The van der Waals surface area contributed by atoms with Crippen molar-refractivity contribution in [2.45, 2.75) is 19.1 Å². The summed E-state index contributed by atoms with van der Waals surface area (Å²) in [4.78, 5) is 28.0. The lowest BCUT2D eigenvalue weighted by Crippen LogP contribution is -2.36. The van der Waals surface area contributed by atoms with Crippen LogP contribution in [0.2, 0.25) is 0 Å². The lowest BCUT2D eigenvalue weighted by atomic mass is 10.1. The maximum Gasteiger partial charge on any atom is 0.471 e. The first kappa shape index (κ1) is 19.6. The number of hydrogen-bond donors (Lipinski definition) is 1. The number of rotatable bonds is 3. The van der Waals surface area contributed by atoms with E-state index in [0.717, 1.165) is 6.07 Å². The van der Waals surface area contributed by atoms with Gasteiger partial charge in [-0.2, -0.15) is 18.2 Å². The zero-order valence-electron chi connectivity index (χ0n) is 14.5. The molecule has 1 N–H and O–H groups in total. The normalized spacial score (nSPS) is 14.1. The molecule has 0 spiro atoms. The molecule has 1 aromatic carbocycles. The number of halogens is 4. The average Bonchev–Trinajstić information content (AvgIpc) is 3.03. The van der Waals surface area contributed by atoms with Gasteiger partial charge < -0.3 is 19.5 Å². The van der Waals surface area contributed by atoms with Crippen LogP contribution < -0.4 is 10.1 Å². The fourth-order valence-electron chi connectivity index (χ4n) is 2.56. The number of benzene rings is 1. The van der Waals surface area contributed by atoms with Gasteiger partial charge in [0.15, 0.2) is 0 Å². The molecule has 0 radical (unpaired) electrons. The van der Waals surface area contributed by atoms with Gasteiger partial charge in [0.25, 0.3) is 0 Å². The van der Waals surface area contributed by atoms with Gasteiger partial charge in [-0.1, -0.05) is 5.16 Å². The molecular formula is C16H14F4N4O4. The van der Waals surface area contributed by atoms with E-state index >= 15 is 0 Å². The van der Waals surface area contributed by atoms with Crippen molar-refractivity contribution in [1.29, 1.82) is 0 Å². The molecule has 3 rings (SSSR count). The zero-order valence-corrected chi connectivity index (χ0v) is 14.5. The molecule has 1 aliphatic rings. The molecule has 2 aromatic rings. The van der Waals surface area contributed by atoms with Crippen LogP contribution in [0.1, 0.15) is 17.9 Å². The van der Waals surface area contributed by atoms with Gasteiger partial charge in [0.05, 0.1) is 13.1 Å². The van der Waals surface area contributed by atoms with Gasteiger partial charge >= 0.3 is 12.1 Å². The standard InChI is InChI=1S/C16H14F4N4O4/c1-21-12(25)6-13(26)24-2-3-27-11-5-8(4-10(17)9(11)7-24)14-22-15(28-23-14)16(18,19)20/h4-5H,2-3,6-7H2,1H3,(H,21,25). The van der Waals surface area contributed by atoms with Gasteiger partial charge in [0.2, 0.25) is 17.6 Å². The third-order valence-corrected chi connectivity index (χ3v) is 3.99. The third-order valence-electron chi connectivity index (χ3n) is 3.99. The quantitative estimate of drug-likeness (QED) is 0.621. The van der Waals surface area contributed by atoms with E-state index in [4.69, 9.17) is 4.74 Å².